The van der Waals surface area contributed by atoms with Crippen molar-refractivity contribution in [3.05, 3.63) is 29.6 Å². The third-order valence-corrected chi connectivity index (χ3v) is 2.60. The second-order valence-corrected chi connectivity index (χ2v) is 3.47. The van der Waals surface area contributed by atoms with E-state index >= 15 is 0 Å². The molecule has 3 nitrogen and oxygen atoms in total. The molecule has 76 valence electrons. The molecule has 15 heavy (non-hydrogen) atoms. The maximum absolute atomic E-state index is 8.98. The third-order valence-electron chi connectivity index (χ3n) is 2.60. The zero-order chi connectivity index (χ0) is 10.8. The molecule has 0 radical (unpaired) electrons. The summed E-state index contributed by atoms with van der Waals surface area (Å²) in [5, 5.41) is 9.93. The van der Waals surface area contributed by atoms with Crippen molar-refractivity contribution in [3.63, 3.8) is 0 Å². The van der Waals surface area contributed by atoms with Crippen molar-refractivity contribution in [1.82, 2.24) is 9.55 Å². The first-order chi connectivity index (χ1) is 7.30. The quantitative estimate of drug-likeness (QED) is 0.745. The van der Waals surface area contributed by atoms with E-state index < -0.39 is 0 Å². The van der Waals surface area contributed by atoms with E-state index in [2.05, 4.69) is 24.9 Å². The minimum atomic E-state index is 0.710. The Hall–Kier alpha value is -1.82. The normalized spacial score (nSPS) is 10.5. The van der Waals surface area contributed by atoms with E-state index in [0.29, 0.717) is 5.56 Å². The Balaban J connectivity index is 2.75. The van der Waals surface area contributed by atoms with Gasteiger partial charge < -0.3 is 4.57 Å². The average Bonchev–Trinajstić information content (AvgIpc) is 2.65. The van der Waals surface area contributed by atoms with Crippen molar-refractivity contribution in [3.8, 4) is 6.07 Å². The van der Waals surface area contributed by atoms with Crippen LogP contribution in [-0.2, 0) is 13.0 Å². The van der Waals surface area contributed by atoms with Gasteiger partial charge in [-0.15, -0.1) is 0 Å². The number of rotatable bonds is 2. The lowest BCUT2D eigenvalue weighted by Gasteiger charge is -2.00. The van der Waals surface area contributed by atoms with Gasteiger partial charge in [-0.05, 0) is 25.5 Å². The Kier molecular flexibility index (Phi) is 2.42. The largest absolute Gasteiger partial charge is 0.331 e. The van der Waals surface area contributed by atoms with E-state index in [4.69, 9.17) is 5.26 Å². The van der Waals surface area contributed by atoms with Crippen LogP contribution in [0.5, 0.6) is 0 Å². The van der Waals surface area contributed by atoms with Crippen LogP contribution in [0.15, 0.2) is 18.3 Å². The molecular formula is C12H13N3. The van der Waals surface area contributed by atoms with Gasteiger partial charge in [0.1, 0.15) is 11.7 Å². The van der Waals surface area contributed by atoms with E-state index in [9.17, 15) is 0 Å². The molecule has 2 heterocycles. The molecule has 2 aromatic rings. The lowest BCUT2D eigenvalue weighted by atomic mass is 10.2. The van der Waals surface area contributed by atoms with Crippen molar-refractivity contribution < 1.29 is 0 Å². The van der Waals surface area contributed by atoms with Crippen molar-refractivity contribution in [2.24, 2.45) is 0 Å². The third kappa shape index (κ3) is 1.48. The number of hydrogen-bond acceptors (Lipinski definition) is 2. The summed E-state index contributed by atoms with van der Waals surface area (Å²) in [6, 6.07) is 6.18. The van der Waals surface area contributed by atoms with Crippen LogP contribution < -0.4 is 0 Å². The molecular weight excluding hydrogens is 186 g/mol. The number of pyridine rings is 1. The number of aryl methyl sites for hydroxylation is 2. The van der Waals surface area contributed by atoms with Crippen LogP contribution >= 0.6 is 0 Å². The smallest absolute Gasteiger partial charge is 0.141 e. The van der Waals surface area contributed by atoms with Crippen LogP contribution in [0, 0.1) is 11.3 Å². The highest BCUT2D eigenvalue weighted by Gasteiger charge is 2.08. The molecule has 0 aromatic carbocycles. The van der Waals surface area contributed by atoms with Crippen LogP contribution in [0.2, 0.25) is 0 Å². The summed E-state index contributed by atoms with van der Waals surface area (Å²) in [7, 11) is 0. The molecule has 0 aliphatic rings. The van der Waals surface area contributed by atoms with E-state index in [1.165, 1.54) is 0 Å². The fourth-order valence-corrected chi connectivity index (χ4v) is 1.73. The average molecular weight is 199 g/mol. The number of hydrogen-bond donors (Lipinski definition) is 0. The highest BCUT2D eigenvalue weighted by molar-refractivity contribution is 5.83. The summed E-state index contributed by atoms with van der Waals surface area (Å²) in [5.41, 5.74) is 2.70. The summed E-state index contributed by atoms with van der Waals surface area (Å²) in [6.45, 7) is 4.98. The van der Waals surface area contributed by atoms with Crippen LogP contribution in [0.25, 0.3) is 11.0 Å². The maximum atomic E-state index is 8.98. The molecule has 0 spiro atoms. The number of fused-ring (bicyclic) bond motifs is 1. The first-order valence-electron chi connectivity index (χ1n) is 5.19. The molecule has 0 saturated carbocycles. The van der Waals surface area contributed by atoms with Gasteiger partial charge in [-0.2, -0.15) is 5.26 Å². The second kappa shape index (κ2) is 3.74. The lowest BCUT2D eigenvalue weighted by Crippen LogP contribution is -1.95. The molecule has 0 aliphatic heterocycles. The van der Waals surface area contributed by atoms with E-state index in [0.717, 1.165) is 29.7 Å². The van der Waals surface area contributed by atoms with E-state index in [-0.39, 0.29) is 0 Å². The predicted molar refractivity (Wildman–Crippen MR) is 59.5 cm³/mol. The van der Waals surface area contributed by atoms with Gasteiger partial charge in [-0.1, -0.05) is 6.92 Å². The number of nitriles is 1. The standard InChI is InChI=1S/C12H13N3/c1-3-10-5-6-11-9(7-13)8-15(4-2)12(11)14-10/h5-6,8H,3-4H2,1-2H3. The molecule has 0 amide bonds. The fraction of sp³-hybridized carbons (Fsp3) is 0.333. The van der Waals surface area contributed by atoms with Gasteiger partial charge in [0.25, 0.3) is 0 Å². The molecule has 0 aliphatic carbocycles. The Morgan fingerprint density at radius 1 is 1.40 bits per heavy atom. The summed E-state index contributed by atoms with van der Waals surface area (Å²) in [6.07, 6.45) is 2.80. The van der Waals surface area contributed by atoms with Gasteiger partial charge in [-0.3, -0.25) is 0 Å². The number of aromatic nitrogens is 2. The number of nitrogens with zero attached hydrogens (tertiary/aromatic N) is 3. The Bertz CT molecular complexity index is 532. The maximum Gasteiger partial charge on any atom is 0.141 e. The van der Waals surface area contributed by atoms with E-state index in [1.807, 2.05) is 22.9 Å². The summed E-state index contributed by atoms with van der Waals surface area (Å²) in [5.74, 6) is 0. The van der Waals surface area contributed by atoms with Gasteiger partial charge >= 0.3 is 0 Å². The first kappa shape index (κ1) is 9.72. The monoisotopic (exact) mass is 199 g/mol. The van der Waals surface area contributed by atoms with Crippen molar-refractivity contribution >= 4 is 11.0 Å². The molecule has 2 rings (SSSR count). The van der Waals surface area contributed by atoms with Gasteiger partial charge in [0.15, 0.2) is 0 Å². The molecule has 0 fully saturated rings. The molecule has 2 aromatic heterocycles. The van der Waals surface area contributed by atoms with Crippen LogP contribution in [0.4, 0.5) is 0 Å². The van der Waals surface area contributed by atoms with E-state index in [1.54, 1.807) is 0 Å². The van der Waals surface area contributed by atoms with Crippen molar-refractivity contribution in [1.29, 1.82) is 5.26 Å². The topological polar surface area (TPSA) is 41.6 Å². The summed E-state index contributed by atoms with van der Waals surface area (Å²) < 4.78 is 2.02. The highest BCUT2D eigenvalue weighted by atomic mass is 15.0. The molecule has 0 N–H and O–H groups in total. The molecule has 0 atom stereocenters. The van der Waals surface area contributed by atoms with Gasteiger partial charge in [0, 0.05) is 23.8 Å². The Morgan fingerprint density at radius 3 is 2.80 bits per heavy atom. The second-order valence-electron chi connectivity index (χ2n) is 3.47. The van der Waals surface area contributed by atoms with Crippen LogP contribution in [0.3, 0.4) is 0 Å². The Morgan fingerprint density at radius 2 is 2.20 bits per heavy atom. The first-order valence-corrected chi connectivity index (χ1v) is 5.19. The summed E-state index contributed by atoms with van der Waals surface area (Å²) in [4.78, 5) is 4.54. The Labute approximate surface area is 89.0 Å². The predicted octanol–water partition coefficient (Wildman–Crippen LogP) is 2.49. The molecule has 3 heteroatoms. The minimum absolute atomic E-state index is 0.710. The van der Waals surface area contributed by atoms with Gasteiger partial charge in [-0.25, -0.2) is 4.98 Å². The highest BCUT2D eigenvalue weighted by Crippen LogP contribution is 2.19. The van der Waals surface area contributed by atoms with Crippen molar-refractivity contribution in [2.45, 2.75) is 26.8 Å². The summed E-state index contributed by atoms with van der Waals surface area (Å²) >= 11 is 0. The lowest BCUT2D eigenvalue weighted by molar-refractivity contribution is 0.783. The SMILES string of the molecule is CCc1ccc2c(C#N)cn(CC)c2n1. The van der Waals surface area contributed by atoms with Crippen molar-refractivity contribution in [2.75, 3.05) is 0 Å². The zero-order valence-electron chi connectivity index (χ0n) is 8.99. The molecule has 0 unspecified atom stereocenters. The zero-order valence-corrected chi connectivity index (χ0v) is 8.99. The van der Waals surface area contributed by atoms with Gasteiger partial charge in [0.05, 0.1) is 5.56 Å². The van der Waals surface area contributed by atoms with Crippen LogP contribution in [0.1, 0.15) is 25.1 Å². The molecule has 0 saturated heterocycles. The fourth-order valence-electron chi connectivity index (χ4n) is 1.73. The van der Waals surface area contributed by atoms with Gasteiger partial charge in [0.2, 0.25) is 0 Å². The minimum Gasteiger partial charge on any atom is -0.331 e. The van der Waals surface area contributed by atoms with Crippen LogP contribution in [-0.4, -0.2) is 9.55 Å². The molecule has 0 bridgehead atoms.